The fourth-order valence-corrected chi connectivity index (χ4v) is 5.22. The summed E-state index contributed by atoms with van der Waals surface area (Å²) in [5, 5.41) is 7.51. The Morgan fingerprint density at radius 1 is 1.10 bits per heavy atom. The molecule has 0 fully saturated rings. The van der Waals surface area contributed by atoms with Gasteiger partial charge in [-0.1, -0.05) is 64.8 Å². The molecule has 0 saturated heterocycles. The van der Waals surface area contributed by atoms with Gasteiger partial charge in [0.05, 0.1) is 26.4 Å². The van der Waals surface area contributed by atoms with Crippen molar-refractivity contribution in [1.29, 1.82) is 0 Å². The number of thioether (sulfide) groups is 1. The van der Waals surface area contributed by atoms with Crippen LogP contribution >= 0.6 is 57.9 Å². The number of nitrogens with zero attached hydrogens (tertiary/aromatic N) is 2. The van der Waals surface area contributed by atoms with Gasteiger partial charge in [0.15, 0.2) is 0 Å². The van der Waals surface area contributed by atoms with Crippen molar-refractivity contribution >= 4 is 79.7 Å². The maximum atomic E-state index is 12.8. The van der Waals surface area contributed by atoms with Crippen molar-refractivity contribution in [2.75, 3.05) is 5.32 Å². The van der Waals surface area contributed by atoms with Crippen molar-refractivity contribution < 1.29 is 4.79 Å². The van der Waals surface area contributed by atoms with Crippen molar-refractivity contribution in [3.63, 3.8) is 0 Å². The van der Waals surface area contributed by atoms with E-state index in [9.17, 15) is 4.79 Å². The molecule has 30 heavy (non-hydrogen) atoms. The lowest BCUT2D eigenvalue weighted by atomic mass is 10.1. The van der Waals surface area contributed by atoms with Crippen LogP contribution in [0.1, 0.15) is 6.92 Å². The molecular weight excluding hydrogens is 481 g/mol. The lowest BCUT2D eigenvalue weighted by Gasteiger charge is -2.14. The SMILES string of the molecule is CC(Sc1ncnc2scc(-c3ccc(Cl)cc3)c12)C(=O)Nc1cccc(Cl)c1Cl. The molecule has 4 rings (SSSR count). The number of halogens is 3. The van der Waals surface area contributed by atoms with E-state index in [1.54, 1.807) is 18.2 Å². The molecule has 4 nitrogen and oxygen atoms in total. The second-order valence-electron chi connectivity index (χ2n) is 6.37. The van der Waals surface area contributed by atoms with Gasteiger partial charge in [-0.05, 0) is 36.8 Å². The molecule has 0 aliphatic rings. The normalized spacial score (nSPS) is 12.1. The molecular formula is C21H14Cl3N3OS2. The summed E-state index contributed by atoms with van der Waals surface area (Å²) in [6.07, 6.45) is 1.52. The van der Waals surface area contributed by atoms with Crippen LogP contribution in [-0.2, 0) is 4.79 Å². The average Bonchev–Trinajstić information content (AvgIpc) is 3.17. The Bertz CT molecular complexity index is 1230. The van der Waals surface area contributed by atoms with Gasteiger partial charge in [0.1, 0.15) is 16.2 Å². The third-order valence-corrected chi connectivity index (χ3v) is 7.42. The third kappa shape index (κ3) is 4.43. The van der Waals surface area contributed by atoms with E-state index < -0.39 is 5.25 Å². The van der Waals surface area contributed by atoms with Crippen molar-refractivity contribution in [1.82, 2.24) is 9.97 Å². The van der Waals surface area contributed by atoms with Gasteiger partial charge in [0.25, 0.3) is 0 Å². The Kier molecular flexibility index (Phi) is 6.51. The number of hydrogen-bond acceptors (Lipinski definition) is 5. The number of aromatic nitrogens is 2. The van der Waals surface area contributed by atoms with Crippen LogP contribution in [-0.4, -0.2) is 21.1 Å². The number of thiophene rings is 1. The van der Waals surface area contributed by atoms with Crippen molar-refractivity contribution in [3.8, 4) is 11.1 Å². The van der Waals surface area contributed by atoms with Crippen LogP contribution in [0.3, 0.4) is 0 Å². The zero-order valence-corrected chi connectivity index (χ0v) is 19.4. The Morgan fingerprint density at radius 2 is 1.87 bits per heavy atom. The first-order valence-electron chi connectivity index (χ1n) is 8.83. The smallest absolute Gasteiger partial charge is 0.237 e. The molecule has 4 aromatic rings. The monoisotopic (exact) mass is 493 g/mol. The van der Waals surface area contributed by atoms with E-state index in [0.717, 1.165) is 26.4 Å². The molecule has 0 bridgehead atoms. The summed E-state index contributed by atoms with van der Waals surface area (Å²) in [6, 6.07) is 12.7. The van der Waals surface area contributed by atoms with E-state index >= 15 is 0 Å². The fraction of sp³-hybridized carbons (Fsp3) is 0.0952. The number of amides is 1. The fourth-order valence-electron chi connectivity index (χ4n) is 2.83. The Hall–Kier alpha value is -1.83. The van der Waals surface area contributed by atoms with E-state index in [1.165, 1.54) is 29.4 Å². The highest BCUT2D eigenvalue weighted by Crippen LogP contribution is 2.39. The molecule has 2 aromatic heterocycles. The van der Waals surface area contributed by atoms with Crippen molar-refractivity contribution in [2.45, 2.75) is 17.2 Å². The highest BCUT2D eigenvalue weighted by Gasteiger charge is 2.21. The van der Waals surface area contributed by atoms with Gasteiger partial charge in [-0.2, -0.15) is 0 Å². The third-order valence-electron chi connectivity index (χ3n) is 4.36. The summed E-state index contributed by atoms with van der Waals surface area (Å²) in [5.74, 6) is -0.195. The summed E-state index contributed by atoms with van der Waals surface area (Å²) in [6.45, 7) is 1.82. The standard InChI is InChI=1S/C21H14Cl3N3OS2/c1-11(19(28)27-16-4-2-3-15(23)18(16)24)30-21-17-14(9-29-20(17)25-10-26-21)12-5-7-13(22)8-6-12/h2-11H,1H3,(H,27,28). The summed E-state index contributed by atoms with van der Waals surface area (Å²) < 4.78 is 0. The van der Waals surface area contributed by atoms with E-state index in [-0.39, 0.29) is 5.91 Å². The average molecular weight is 495 g/mol. The second kappa shape index (κ2) is 9.12. The van der Waals surface area contributed by atoms with E-state index in [2.05, 4.69) is 15.3 Å². The predicted octanol–water partition coefficient (Wildman–Crippen LogP) is 7.44. The van der Waals surface area contributed by atoms with Gasteiger partial charge in [-0.15, -0.1) is 11.3 Å². The summed E-state index contributed by atoms with van der Waals surface area (Å²) in [4.78, 5) is 22.5. The Morgan fingerprint density at radius 3 is 2.63 bits per heavy atom. The minimum atomic E-state index is -0.420. The van der Waals surface area contributed by atoms with Crippen LogP contribution in [0.2, 0.25) is 15.1 Å². The summed E-state index contributed by atoms with van der Waals surface area (Å²) >= 11 is 21.1. The van der Waals surface area contributed by atoms with Crippen LogP contribution in [0.15, 0.2) is 59.2 Å². The number of carbonyl (C=O) groups is 1. The van der Waals surface area contributed by atoms with Gasteiger partial charge < -0.3 is 5.32 Å². The predicted molar refractivity (Wildman–Crippen MR) is 128 cm³/mol. The number of hydrogen-bond donors (Lipinski definition) is 1. The van der Waals surface area contributed by atoms with Gasteiger partial charge in [0, 0.05) is 16.0 Å². The first kappa shape index (κ1) is 21.4. The Labute approximate surface area is 196 Å². The molecule has 0 radical (unpaired) electrons. The highest BCUT2D eigenvalue weighted by molar-refractivity contribution is 8.00. The lowest BCUT2D eigenvalue weighted by molar-refractivity contribution is -0.115. The molecule has 0 aliphatic carbocycles. The number of carbonyl (C=O) groups excluding carboxylic acids is 1. The van der Waals surface area contributed by atoms with Crippen molar-refractivity contribution in [2.24, 2.45) is 0 Å². The van der Waals surface area contributed by atoms with Crippen LogP contribution in [0.5, 0.6) is 0 Å². The molecule has 1 unspecified atom stereocenters. The minimum Gasteiger partial charge on any atom is -0.324 e. The van der Waals surface area contributed by atoms with E-state index in [0.29, 0.717) is 20.8 Å². The van der Waals surface area contributed by atoms with Gasteiger partial charge in [0.2, 0.25) is 5.91 Å². The molecule has 1 amide bonds. The molecule has 0 saturated carbocycles. The topological polar surface area (TPSA) is 54.9 Å². The maximum absolute atomic E-state index is 12.8. The first-order valence-corrected chi connectivity index (χ1v) is 11.7. The molecule has 2 heterocycles. The molecule has 1 N–H and O–H groups in total. The summed E-state index contributed by atoms with van der Waals surface area (Å²) in [7, 11) is 0. The van der Waals surface area contributed by atoms with Crippen molar-refractivity contribution in [3.05, 3.63) is 69.2 Å². The largest absolute Gasteiger partial charge is 0.324 e. The Balaban J connectivity index is 1.62. The van der Waals surface area contributed by atoms with E-state index in [4.69, 9.17) is 34.8 Å². The van der Waals surface area contributed by atoms with Crippen LogP contribution < -0.4 is 5.32 Å². The summed E-state index contributed by atoms with van der Waals surface area (Å²) in [5.41, 5.74) is 2.51. The molecule has 2 aromatic carbocycles. The molecule has 0 spiro atoms. The molecule has 152 valence electrons. The number of rotatable bonds is 5. The highest BCUT2D eigenvalue weighted by atomic mass is 35.5. The van der Waals surface area contributed by atoms with Crippen LogP contribution in [0.25, 0.3) is 21.3 Å². The van der Waals surface area contributed by atoms with Crippen LogP contribution in [0, 0.1) is 0 Å². The van der Waals surface area contributed by atoms with E-state index in [1.807, 2.05) is 36.6 Å². The number of fused-ring (bicyclic) bond motifs is 1. The number of nitrogens with one attached hydrogen (secondary N) is 1. The zero-order chi connectivity index (χ0) is 21.3. The number of anilines is 1. The quantitative estimate of drug-likeness (QED) is 0.231. The maximum Gasteiger partial charge on any atom is 0.237 e. The molecule has 1 atom stereocenters. The molecule has 9 heteroatoms. The van der Waals surface area contributed by atoms with Gasteiger partial charge in [-0.25, -0.2) is 9.97 Å². The second-order valence-corrected chi connectivity index (χ2v) is 9.78. The lowest BCUT2D eigenvalue weighted by Crippen LogP contribution is -2.22. The zero-order valence-electron chi connectivity index (χ0n) is 15.5. The van der Waals surface area contributed by atoms with Crippen LogP contribution in [0.4, 0.5) is 5.69 Å². The number of benzene rings is 2. The minimum absolute atomic E-state index is 0.195. The first-order chi connectivity index (χ1) is 14.4. The van der Waals surface area contributed by atoms with Gasteiger partial charge in [-0.3, -0.25) is 4.79 Å². The molecule has 0 aliphatic heterocycles. The van der Waals surface area contributed by atoms with Gasteiger partial charge >= 0.3 is 0 Å².